The number of hydrogen-bond donors (Lipinski definition) is 1. The van der Waals surface area contributed by atoms with Crippen LogP contribution in [-0.2, 0) is 0 Å². The fraction of sp³-hybridized carbons (Fsp3) is 1.00. The fourth-order valence-electron chi connectivity index (χ4n) is 3.35. The van der Waals surface area contributed by atoms with Crippen molar-refractivity contribution in [2.24, 2.45) is 11.3 Å². The number of unbranched alkanes of at least 4 members (excludes halogenated alkanes) is 2. The van der Waals surface area contributed by atoms with Gasteiger partial charge in [-0.25, -0.2) is 0 Å². The number of nitrogens with one attached hydrogen (secondary N) is 1. The van der Waals surface area contributed by atoms with Gasteiger partial charge >= 0.3 is 0 Å². The van der Waals surface area contributed by atoms with E-state index in [-0.39, 0.29) is 5.54 Å². The SMILES string of the molecule is CC(C)(C)NCCCCCN1CCCC(C(C)(C)C)CC1. The van der Waals surface area contributed by atoms with Crippen molar-refractivity contribution in [2.75, 3.05) is 26.2 Å². The van der Waals surface area contributed by atoms with Crippen LogP contribution in [0.1, 0.15) is 80.1 Å². The Bertz CT molecular complexity index is 272. The maximum Gasteiger partial charge on any atom is 0.00965 e. The first kappa shape index (κ1) is 19.0. The van der Waals surface area contributed by atoms with Crippen molar-refractivity contribution in [1.82, 2.24) is 10.2 Å². The molecule has 0 saturated carbocycles. The number of hydrogen-bond acceptors (Lipinski definition) is 2. The zero-order chi connectivity index (χ0) is 15.9. The molecule has 126 valence electrons. The van der Waals surface area contributed by atoms with Gasteiger partial charge in [-0.05, 0) is 90.4 Å². The minimum atomic E-state index is 0.271. The Morgan fingerprint density at radius 3 is 2.24 bits per heavy atom. The van der Waals surface area contributed by atoms with E-state index in [2.05, 4.69) is 51.8 Å². The van der Waals surface area contributed by atoms with Gasteiger partial charge in [0.2, 0.25) is 0 Å². The maximum atomic E-state index is 3.58. The van der Waals surface area contributed by atoms with Gasteiger partial charge in [0.05, 0.1) is 0 Å². The van der Waals surface area contributed by atoms with E-state index in [1.54, 1.807) is 0 Å². The summed E-state index contributed by atoms with van der Waals surface area (Å²) in [4.78, 5) is 2.71. The molecule has 1 saturated heterocycles. The zero-order valence-electron chi connectivity index (χ0n) is 15.6. The van der Waals surface area contributed by atoms with Crippen LogP contribution in [0.3, 0.4) is 0 Å². The Hall–Kier alpha value is -0.0800. The highest BCUT2D eigenvalue weighted by molar-refractivity contribution is 4.78. The van der Waals surface area contributed by atoms with E-state index in [0.29, 0.717) is 5.41 Å². The van der Waals surface area contributed by atoms with Crippen LogP contribution < -0.4 is 5.32 Å². The third-order valence-corrected chi connectivity index (χ3v) is 4.85. The smallest absolute Gasteiger partial charge is 0.00965 e. The molecule has 0 aromatic carbocycles. The van der Waals surface area contributed by atoms with Gasteiger partial charge in [-0.2, -0.15) is 0 Å². The molecular formula is C19H40N2. The summed E-state index contributed by atoms with van der Waals surface area (Å²) in [6, 6.07) is 0. The van der Waals surface area contributed by atoms with E-state index < -0.39 is 0 Å². The summed E-state index contributed by atoms with van der Waals surface area (Å²) in [5, 5.41) is 3.58. The Morgan fingerprint density at radius 1 is 0.905 bits per heavy atom. The van der Waals surface area contributed by atoms with Crippen LogP contribution >= 0.6 is 0 Å². The van der Waals surface area contributed by atoms with Gasteiger partial charge in [0.15, 0.2) is 0 Å². The molecule has 1 unspecified atom stereocenters. The van der Waals surface area contributed by atoms with Crippen molar-refractivity contribution >= 4 is 0 Å². The molecule has 0 radical (unpaired) electrons. The average Bonchev–Trinajstić information content (AvgIpc) is 2.57. The summed E-state index contributed by atoms with van der Waals surface area (Å²) in [7, 11) is 0. The molecule has 0 bridgehead atoms. The van der Waals surface area contributed by atoms with Crippen molar-refractivity contribution in [1.29, 1.82) is 0 Å². The highest BCUT2D eigenvalue weighted by atomic mass is 15.1. The highest BCUT2D eigenvalue weighted by Gasteiger charge is 2.26. The Kier molecular flexibility index (Phi) is 7.70. The molecule has 2 nitrogen and oxygen atoms in total. The second kappa shape index (κ2) is 8.53. The molecule has 0 aromatic heterocycles. The molecule has 1 atom stereocenters. The lowest BCUT2D eigenvalue weighted by atomic mass is 9.77. The molecule has 1 fully saturated rings. The number of likely N-dealkylation sites (tertiary alicyclic amines) is 1. The largest absolute Gasteiger partial charge is 0.312 e. The van der Waals surface area contributed by atoms with E-state index in [9.17, 15) is 0 Å². The Morgan fingerprint density at radius 2 is 1.62 bits per heavy atom. The lowest BCUT2D eigenvalue weighted by Gasteiger charge is -2.29. The summed E-state index contributed by atoms with van der Waals surface area (Å²) >= 11 is 0. The molecule has 1 aliphatic rings. The average molecular weight is 297 g/mol. The zero-order valence-corrected chi connectivity index (χ0v) is 15.6. The Labute approximate surface area is 134 Å². The summed E-state index contributed by atoms with van der Waals surface area (Å²) in [6.45, 7) is 19.1. The maximum absolute atomic E-state index is 3.58. The van der Waals surface area contributed by atoms with Crippen LogP contribution in [0.25, 0.3) is 0 Å². The van der Waals surface area contributed by atoms with Crippen molar-refractivity contribution in [3.05, 3.63) is 0 Å². The summed E-state index contributed by atoms with van der Waals surface area (Å²) in [6.07, 6.45) is 8.27. The van der Waals surface area contributed by atoms with E-state index in [1.165, 1.54) is 58.2 Å². The van der Waals surface area contributed by atoms with Gasteiger partial charge in [-0.1, -0.05) is 27.2 Å². The quantitative estimate of drug-likeness (QED) is 0.715. The third kappa shape index (κ3) is 8.83. The third-order valence-electron chi connectivity index (χ3n) is 4.85. The second-order valence-electron chi connectivity index (χ2n) is 9.07. The molecular weight excluding hydrogens is 256 g/mol. The van der Waals surface area contributed by atoms with Crippen molar-refractivity contribution < 1.29 is 0 Å². The molecule has 0 spiro atoms. The van der Waals surface area contributed by atoms with Crippen LogP contribution in [0.4, 0.5) is 0 Å². The lowest BCUT2D eigenvalue weighted by Crippen LogP contribution is -2.36. The summed E-state index contributed by atoms with van der Waals surface area (Å²) in [5.41, 5.74) is 0.765. The minimum Gasteiger partial charge on any atom is -0.312 e. The van der Waals surface area contributed by atoms with E-state index in [1.807, 2.05) is 0 Å². The molecule has 1 aliphatic heterocycles. The van der Waals surface area contributed by atoms with Crippen LogP contribution in [0.5, 0.6) is 0 Å². The normalized spacial score (nSPS) is 22.3. The first-order valence-electron chi connectivity index (χ1n) is 9.16. The molecule has 0 aromatic rings. The van der Waals surface area contributed by atoms with Crippen molar-refractivity contribution in [2.45, 2.75) is 85.6 Å². The minimum absolute atomic E-state index is 0.271. The lowest BCUT2D eigenvalue weighted by molar-refractivity contribution is 0.207. The monoisotopic (exact) mass is 296 g/mol. The van der Waals surface area contributed by atoms with E-state index in [0.717, 1.165) is 12.5 Å². The first-order chi connectivity index (χ1) is 9.68. The van der Waals surface area contributed by atoms with E-state index in [4.69, 9.17) is 0 Å². The molecule has 1 N–H and O–H groups in total. The fourth-order valence-corrected chi connectivity index (χ4v) is 3.35. The van der Waals surface area contributed by atoms with Gasteiger partial charge in [-0.15, -0.1) is 0 Å². The standard InChI is InChI=1S/C19H40N2/c1-18(2,3)17-11-10-15-21(16-12-17)14-9-7-8-13-20-19(4,5)6/h17,20H,7-16H2,1-6H3. The summed E-state index contributed by atoms with van der Waals surface area (Å²) < 4.78 is 0. The predicted octanol–water partition coefficient (Wildman–Crippen LogP) is 4.69. The van der Waals surface area contributed by atoms with Crippen molar-refractivity contribution in [3.8, 4) is 0 Å². The van der Waals surface area contributed by atoms with Gasteiger partial charge < -0.3 is 10.2 Å². The van der Waals surface area contributed by atoms with Gasteiger partial charge in [-0.3, -0.25) is 0 Å². The molecule has 21 heavy (non-hydrogen) atoms. The highest BCUT2D eigenvalue weighted by Crippen LogP contribution is 2.34. The van der Waals surface area contributed by atoms with Gasteiger partial charge in [0, 0.05) is 5.54 Å². The predicted molar refractivity (Wildman–Crippen MR) is 94.8 cm³/mol. The molecule has 2 heteroatoms. The van der Waals surface area contributed by atoms with Crippen LogP contribution in [-0.4, -0.2) is 36.6 Å². The van der Waals surface area contributed by atoms with Crippen LogP contribution in [0.2, 0.25) is 0 Å². The van der Waals surface area contributed by atoms with E-state index >= 15 is 0 Å². The molecule has 1 heterocycles. The molecule has 0 aliphatic carbocycles. The summed E-state index contributed by atoms with van der Waals surface area (Å²) in [5.74, 6) is 0.915. The topological polar surface area (TPSA) is 15.3 Å². The number of nitrogens with zero attached hydrogens (tertiary/aromatic N) is 1. The van der Waals surface area contributed by atoms with Crippen LogP contribution in [0.15, 0.2) is 0 Å². The van der Waals surface area contributed by atoms with Crippen LogP contribution in [0, 0.1) is 11.3 Å². The number of rotatable bonds is 6. The van der Waals surface area contributed by atoms with Crippen molar-refractivity contribution in [3.63, 3.8) is 0 Å². The first-order valence-corrected chi connectivity index (χ1v) is 9.16. The Balaban J connectivity index is 2.11. The van der Waals surface area contributed by atoms with Gasteiger partial charge in [0.25, 0.3) is 0 Å². The van der Waals surface area contributed by atoms with Gasteiger partial charge in [0.1, 0.15) is 0 Å². The molecule has 0 amide bonds. The molecule has 1 rings (SSSR count). The second-order valence-corrected chi connectivity index (χ2v) is 9.07.